The average molecular weight is 256 g/mol. The van der Waals surface area contributed by atoms with Gasteiger partial charge in [-0.25, -0.2) is 0 Å². The highest BCUT2D eigenvalue weighted by Crippen LogP contribution is 2.22. The summed E-state index contributed by atoms with van der Waals surface area (Å²) in [7, 11) is 3.91. The van der Waals surface area contributed by atoms with E-state index < -0.39 is 6.10 Å². The fourth-order valence-electron chi connectivity index (χ4n) is 2.46. The summed E-state index contributed by atoms with van der Waals surface area (Å²) in [6.07, 6.45) is 4.35. The zero-order valence-corrected chi connectivity index (χ0v) is 12.2. The third kappa shape index (κ3) is 4.25. The maximum Gasteiger partial charge on any atom is 0.251 e. The standard InChI is InChI=1S/C14H28N2O2/c1-11(2)13(17)14(18)16(4)10-9-15(3)12-7-5-6-8-12/h11-13,17H,5-10H2,1-4H3/t13-/m0/s1. The van der Waals surface area contributed by atoms with E-state index in [-0.39, 0.29) is 11.8 Å². The molecule has 18 heavy (non-hydrogen) atoms. The Morgan fingerprint density at radius 1 is 1.22 bits per heavy atom. The van der Waals surface area contributed by atoms with Gasteiger partial charge in [-0.05, 0) is 25.8 Å². The summed E-state index contributed by atoms with van der Waals surface area (Å²) in [6.45, 7) is 5.30. The summed E-state index contributed by atoms with van der Waals surface area (Å²) < 4.78 is 0. The molecule has 106 valence electrons. The van der Waals surface area contributed by atoms with Crippen LogP contribution >= 0.6 is 0 Å². The van der Waals surface area contributed by atoms with Gasteiger partial charge in [0.05, 0.1) is 0 Å². The second kappa shape index (κ2) is 7.10. The van der Waals surface area contributed by atoms with Crippen molar-refractivity contribution in [2.45, 2.75) is 51.7 Å². The van der Waals surface area contributed by atoms with Crippen LogP contribution < -0.4 is 0 Å². The van der Waals surface area contributed by atoms with Crippen LogP contribution in [0.25, 0.3) is 0 Å². The Labute approximate surface area is 111 Å². The molecule has 0 aromatic rings. The molecule has 0 heterocycles. The van der Waals surface area contributed by atoms with Crippen LogP contribution in [-0.2, 0) is 4.79 Å². The molecule has 1 amide bonds. The highest BCUT2D eigenvalue weighted by molar-refractivity contribution is 5.80. The molecule has 1 atom stereocenters. The summed E-state index contributed by atoms with van der Waals surface area (Å²) in [5.74, 6) is -0.183. The summed E-state index contributed by atoms with van der Waals surface area (Å²) in [6, 6.07) is 0.684. The molecule has 0 aromatic carbocycles. The molecule has 0 aromatic heterocycles. The minimum atomic E-state index is -0.869. The van der Waals surface area contributed by atoms with E-state index in [9.17, 15) is 9.90 Å². The van der Waals surface area contributed by atoms with Crippen molar-refractivity contribution in [2.75, 3.05) is 27.2 Å². The van der Waals surface area contributed by atoms with Crippen molar-refractivity contribution in [3.8, 4) is 0 Å². The van der Waals surface area contributed by atoms with Crippen molar-refractivity contribution in [1.82, 2.24) is 9.80 Å². The Morgan fingerprint density at radius 2 is 1.78 bits per heavy atom. The monoisotopic (exact) mass is 256 g/mol. The van der Waals surface area contributed by atoms with E-state index in [1.165, 1.54) is 25.7 Å². The highest BCUT2D eigenvalue weighted by atomic mass is 16.3. The van der Waals surface area contributed by atoms with E-state index in [4.69, 9.17) is 0 Å². The van der Waals surface area contributed by atoms with Gasteiger partial charge in [0.2, 0.25) is 0 Å². The number of amides is 1. The quantitative estimate of drug-likeness (QED) is 0.780. The zero-order chi connectivity index (χ0) is 13.7. The third-order valence-electron chi connectivity index (χ3n) is 4.00. The van der Waals surface area contributed by atoms with E-state index in [1.54, 1.807) is 11.9 Å². The normalized spacial score (nSPS) is 18.6. The van der Waals surface area contributed by atoms with Crippen molar-refractivity contribution in [3.63, 3.8) is 0 Å². The van der Waals surface area contributed by atoms with Crippen LogP contribution in [0.3, 0.4) is 0 Å². The van der Waals surface area contributed by atoms with Crippen LogP contribution in [0.4, 0.5) is 0 Å². The SMILES string of the molecule is CC(C)[C@H](O)C(=O)N(C)CCN(C)C1CCCC1. The Hall–Kier alpha value is -0.610. The fraction of sp³-hybridized carbons (Fsp3) is 0.929. The lowest BCUT2D eigenvalue weighted by atomic mass is 10.1. The smallest absolute Gasteiger partial charge is 0.251 e. The topological polar surface area (TPSA) is 43.8 Å². The van der Waals surface area contributed by atoms with Gasteiger partial charge in [0, 0.05) is 26.2 Å². The summed E-state index contributed by atoms with van der Waals surface area (Å²) >= 11 is 0. The van der Waals surface area contributed by atoms with Crippen LogP contribution in [0, 0.1) is 5.92 Å². The summed E-state index contributed by atoms with van der Waals surface area (Å²) in [5.41, 5.74) is 0. The maximum absolute atomic E-state index is 11.9. The van der Waals surface area contributed by atoms with E-state index in [2.05, 4.69) is 11.9 Å². The molecule has 1 fully saturated rings. The van der Waals surface area contributed by atoms with E-state index in [0.29, 0.717) is 12.6 Å². The largest absolute Gasteiger partial charge is 0.383 e. The number of rotatable bonds is 6. The first kappa shape index (κ1) is 15.4. The molecule has 0 aliphatic heterocycles. The molecule has 0 spiro atoms. The molecule has 4 nitrogen and oxygen atoms in total. The number of carbonyl (C=O) groups excluding carboxylic acids is 1. The minimum absolute atomic E-state index is 0.0208. The molecule has 0 radical (unpaired) electrons. The fourth-order valence-corrected chi connectivity index (χ4v) is 2.46. The molecule has 1 N–H and O–H groups in total. The molecular formula is C14H28N2O2. The summed E-state index contributed by atoms with van der Waals surface area (Å²) in [4.78, 5) is 15.9. The van der Waals surface area contributed by atoms with E-state index in [0.717, 1.165) is 6.54 Å². The number of hydrogen-bond acceptors (Lipinski definition) is 3. The lowest BCUT2D eigenvalue weighted by molar-refractivity contribution is -0.141. The number of likely N-dealkylation sites (N-methyl/N-ethyl adjacent to an activating group) is 2. The van der Waals surface area contributed by atoms with Gasteiger partial charge in [0.15, 0.2) is 0 Å². The van der Waals surface area contributed by atoms with Gasteiger partial charge in [0.25, 0.3) is 5.91 Å². The van der Waals surface area contributed by atoms with Crippen LogP contribution in [-0.4, -0.2) is 60.1 Å². The van der Waals surface area contributed by atoms with Gasteiger partial charge in [0.1, 0.15) is 6.10 Å². The first-order chi connectivity index (χ1) is 8.43. The van der Waals surface area contributed by atoms with Gasteiger partial charge in [-0.2, -0.15) is 0 Å². The zero-order valence-electron chi connectivity index (χ0n) is 12.2. The Bertz CT molecular complexity index is 263. The molecule has 0 unspecified atom stereocenters. The predicted molar refractivity (Wildman–Crippen MR) is 73.4 cm³/mol. The van der Waals surface area contributed by atoms with E-state index in [1.807, 2.05) is 13.8 Å². The Morgan fingerprint density at radius 3 is 2.28 bits per heavy atom. The number of aliphatic hydroxyl groups is 1. The molecule has 1 rings (SSSR count). The molecule has 1 saturated carbocycles. The van der Waals surface area contributed by atoms with Gasteiger partial charge < -0.3 is 14.9 Å². The molecular weight excluding hydrogens is 228 g/mol. The number of nitrogens with zero attached hydrogens (tertiary/aromatic N) is 2. The lowest BCUT2D eigenvalue weighted by Gasteiger charge is -2.28. The van der Waals surface area contributed by atoms with Crippen LogP contribution in [0.2, 0.25) is 0 Å². The van der Waals surface area contributed by atoms with Gasteiger partial charge in [-0.15, -0.1) is 0 Å². The molecule has 1 aliphatic carbocycles. The van der Waals surface area contributed by atoms with Crippen molar-refractivity contribution in [3.05, 3.63) is 0 Å². The van der Waals surface area contributed by atoms with E-state index >= 15 is 0 Å². The minimum Gasteiger partial charge on any atom is -0.383 e. The Balaban J connectivity index is 2.31. The van der Waals surface area contributed by atoms with Crippen LogP contribution in [0.5, 0.6) is 0 Å². The van der Waals surface area contributed by atoms with Crippen molar-refractivity contribution in [1.29, 1.82) is 0 Å². The van der Waals surface area contributed by atoms with Gasteiger partial charge in [-0.1, -0.05) is 26.7 Å². The first-order valence-electron chi connectivity index (χ1n) is 7.06. The third-order valence-corrected chi connectivity index (χ3v) is 4.00. The first-order valence-corrected chi connectivity index (χ1v) is 7.06. The Kier molecular flexibility index (Phi) is 6.09. The molecule has 1 aliphatic rings. The molecule has 0 bridgehead atoms. The maximum atomic E-state index is 11.9. The van der Waals surface area contributed by atoms with Crippen molar-refractivity contribution < 1.29 is 9.90 Å². The molecule has 4 heteroatoms. The number of hydrogen-bond donors (Lipinski definition) is 1. The molecule has 0 saturated heterocycles. The van der Waals surface area contributed by atoms with Gasteiger partial charge >= 0.3 is 0 Å². The van der Waals surface area contributed by atoms with Crippen LogP contribution in [0.1, 0.15) is 39.5 Å². The number of carbonyl (C=O) groups is 1. The summed E-state index contributed by atoms with van der Waals surface area (Å²) in [5, 5.41) is 9.74. The van der Waals surface area contributed by atoms with Crippen LogP contribution in [0.15, 0.2) is 0 Å². The highest BCUT2D eigenvalue weighted by Gasteiger charge is 2.24. The predicted octanol–water partition coefficient (Wildman–Crippen LogP) is 1.34. The van der Waals surface area contributed by atoms with Crippen molar-refractivity contribution in [2.24, 2.45) is 5.92 Å². The average Bonchev–Trinajstić information content (AvgIpc) is 2.87. The number of aliphatic hydroxyl groups excluding tert-OH is 1. The van der Waals surface area contributed by atoms with Gasteiger partial charge in [-0.3, -0.25) is 4.79 Å². The van der Waals surface area contributed by atoms with Crippen molar-refractivity contribution >= 4 is 5.91 Å². The second-order valence-electron chi connectivity index (χ2n) is 5.87. The lowest BCUT2D eigenvalue weighted by Crippen LogP contribution is -2.43. The second-order valence-corrected chi connectivity index (χ2v) is 5.87.